The molecular formula is C17H18FNO3. The minimum atomic E-state index is -0.590. The third-order valence-electron chi connectivity index (χ3n) is 3.36. The molecule has 0 aliphatic rings. The second-order valence-corrected chi connectivity index (χ2v) is 4.91. The zero-order valence-electron chi connectivity index (χ0n) is 12.1. The average molecular weight is 303 g/mol. The molecule has 0 aliphatic carbocycles. The number of benzene rings is 2. The van der Waals surface area contributed by atoms with Crippen LogP contribution in [0.2, 0.25) is 0 Å². The Labute approximate surface area is 128 Å². The first-order valence-electron chi connectivity index (χ1n) is 7.04. The van der Waals surface area contributed by atoms with Crippen molar-refractivity contribution in [1.29, 1.82) is 0 Å². The number of aromatic hydroxyl groups is 1. The van der Waals surface area contributed by atoms with Gasteiger partial charge >= 0.3 is 0 Å². The van der Waals surface area contributed by atoms with Crippen LogP contribution in [0.25, 0.3) is 0 Å². The largest absolute Gasteiger partial charge is 0.507 e. The summed E-state index contributed by atoms with van der Waals surface area (Å²) in [6, 6.07) is 12.9. The van der Waals surface area contributed by atoms with E-state index in [0.717, 1.165) is 23.8 Å². The normalized spacial score (nSPS) is 10.5. The van der Waals surface area contributed by atoms with Gasteiger partial charge in [0.05, 0.1) is 12.2 Å². The van der Waals surface area contributed by atoms with E-state index in [-0.39, 0.29) is 24.5 Å². The van der Waals surface area contributed by atoms with Crippen molar-refractivity contribution in [2.24, 2.45) is 0 Å². The van der Waals surface area contributed by atoms with Gasteiger partial charge < -0.3 is 15.1 Å². The molecule has 5 heteroatoms. The Morgan fingerprint density at radius 1 is 1.09 bits per heavy atom. The van der Waals surface area contributed by atoms with Gasteiger partial charge in [0.25, 0.3) is 5.91 Å². The molecule has 0 aromatic heterocycles. The number of carbonyl (C=O) groups excluding carboxylic acids is 1. The van der Waals surface area contributed by atoms with Crippen molar-refractivity contribution in [2.45, 2.75) is 6.42 Å². The van der Waals surface area contributed by atoms with Crippen molar-refractivity contribution in [1.82, 2.24) is 4.90 Å². The summed E-state index contributed by atoms with van der Waals surface area (Å²) in [6.07, 6.45) is 0.614. The predicted octanol–water partition coefficient (Wildman–Crippen LogP) is 2.21. The predicted molar refractivity (Wildman–Crippen MR) is 81.2 cm³/mol. The van der Waals surface area contributed by atoms with E-state index in [0.29, 0.717) is 13.0 Å². The van der Waals surface area contributed by atoms with Crippen LogP contribution in [0, 0.1) is 5.82 Å². The van der Waals surface area contributed by atoms with Crippen molar-refractivity contribution in [3.63, 3.8) is 0 Å². The lowest BCUT2D eigenvalue weighted by atomic mass is 10.1. The lowest BCUT2D eigenvalue weighted by molar-refractivity contribution is 0.0720. The van der Waals surface area contributed by atoms with Gasteiger partial charge in [0.1, 0.15) is 11.6 Å². The van der Waals surface area contributed by atoms with Crippen LogP contribution >= 0.6 is 0 Å². The molecule has 116 valence electrons. The average Bonchev–Trinajstić information content (AvgIpc) is 2.54. The zero-order chi connectivity index (χ0) is 15.9. The summed E-state index contributed by atoms with van der Waals surface area (Å²) >= 11 is 0. The number of aliphatic hydroxyl groups is 1. The van der Waals surface area contributed by atoms with Gasteiger partial charge in [-0.05, 0) is 30.2 Å². The summed E-state index contributed by atoms with van der Waals surface area (Å²) in [4.78, 5) is 13.8. The van der Waals surface area contributed by atoms with Gasteiger partial charge in [-0.3, -0.25) is 4.79 Å². The van der Waals surface area contributed by atoms with Crippen LogP contribution in [-0.4, -0.2) is 40.7 Å². The minimum Gasteiger partial charge on any atom is -0.507 e. The summed E-state index contributed by atoms with van der Waals surface area (Å²) in [5, 5.41) is 18.9. The summed E-state index contributed by atoms with van der Waals surface area (Å²) in [5.74, 6) is -1.36. The Balaban J connectivity index is 2.12. The molecule has 0 bridgehead atoms. The second kappa shape index (κ2) is 7.56. The molecule has 0 fully saturated rings. The first-order valence-corrected chi connectivity index (χ1v) is 7.04. The molecule has 2 N–H and O–H groups in total. The lowest BCUT2D eigenvalue weighted by Gasteiger charge is -2.22. The Morgan fingerprint density at radius 2 is 1.82 bits per heavy atom. The topological polar surface area (TPSA) is 60.8 Å². The van der Waals surface area contributed by atoms with Crippen LogP contribution in [0.4, 0.5) is 4.39 Å². The Morgan fingerprint density at radius 3 is 2.50 bits per heavy atom. The standard InChI is InChI=1S/C17H18FNO3/c18-14-6-7-16(21)15(12-14)17(22)19(10-11-20)9-8-13-4-2-1-3-5-13/h1-7,12,20-21H,8-11H2. The molecule has 4 nitrogen and oxygen atoms in total. The molecule has 2 rings (SSSR count). The molecule has 2 aromatic carbocycles. The third-order valence-corrected chi connectivity index (χ3v) is 3.36. The third kappa shape index (κ3) is 4.05. The molecule has 0 saturated carbocycles. The van der Waals surface area contributed by atoms with E-state index in [1.165, 1.54) is 4.90 Å². The maximum absolute atomic E-state index is 13.3. The monoisotopic (exact) mass is 303 g/mol. The van der Waals surface area contributed by atoms with Gasteiger partial charge in [-0.1, -0.05) is 30.3 Å². The number of phenolic OH excluding ortho intramolecular Hbond substituents is 1. The molecular weight excluding hydrogens is 285 g/mol. The number of halogens is 1. The highest BCUT2D eigenvalue weighted by molar-refractivity contribution is 5.96. The van der Waals surface area contributed by atoms with E-state index in [1.807, 2.05) is 30.3 Å². The molecule has 0 saturated heterocycles. The van der Waals surface area contributed by atoms with E-state index in [4.69, 9.17) is 5.11 Å². The van der Waals surface area contributed by atoms with Crippen molar-refractivity contribution in [3.8, 4) is 5.75 Å². The SMILES string of the molecule is O=C(c1cc(F)ccc1O)N(CCO)CCc1ccccc1. The molecule has 22 heavy (non-hydrogen) atoms. The van der Waals surface area contributed by atoms with E-state index in [1.54, 1.807) is 0 Å². The molecule has 0 atom stereocenters. The smallest absolute Gasteiger partial charge is 0.257 e. The molecule has 0 heterocycles. The number of amides is 1. The Kier molecular flexibility index (Phi) is 5.49. The fourth-order valence-electron chi connectivity index (χ4n) is 2.19. The molecule has 0 spiro atoms. The van der Waals surface area contributed by atoms with Gasteiger partial charge in [0.15, 0.2) is 0 Å². The number of phenols is 1. The fourth-order valence-corrected chi connectivity index (χ4v) is 2.19. The summed E-state index contributed by atoms with van der Waals surface area (Å²) in [5.41, 5.74) is 0.961. The van der Waals surface area contributed by atoms with E-state index in [9.17, 15) is 14.3 Å². The van der Waals surface area contributed by atoms with Gasteiger partial charge in [-0.2, -0.15) is 0 Å². The summed E-state index contributed by atoms with van der Waals surface area (Å²) in [6.45, 7) is 0.303. The van der Waals surface area contributed by atoms with Gasteiger partial charge in [0, 0.05) is 13.1 Å². The molecule has 0 unspecified atom stereocenters. The van der Waals surface area contributed by atoms with Crippen LogP contribution in [0.3, 0.4) is 0 Å². The van der Waals surface area contributed by atoms with Crippen LogP contribution in [-0.2, 0) is 6.42 Å². The first-order chi connectivity index (χ1) is 10.6. The van der Waals surface area contributed by atoms with Crippen molar-refractivity contribution >= 4 is 5.91 Å². The van der Waals surface area contributed by atoms with E-state index < -0.39 is 11.7 Å². The van der Waals surface area contributed by atoms with Crippen LogP contribution < -0.4 is 0 Å². The number of aliphatic hydroxyl groups excluding tert-OH is 1. The maximum atomic E-state index is 13.3. The number of rotatable bonds is 6. The fraction of sp³-hybridized carbons (Fsp3) is 0.235. The molecule has 0 radical (unpaired) electrons. The molecule has 2 aromatic rings. The van der Waals surface area contributed by atoms with Gasteiger partial charge in [0.2, 0.25) is 0 Å². The number of hydrogen-bond acceptors (Lipinski definition) is 3. The number of hydrogen-bond donors (Lipinski definition) is 2. The first kappa shape index (κ1) is 16.0. The highest BCUT2D eigenvalue weighted by atomic mass is 19.1. The highest BCUT2D eigenvalue weighted by Crippen LogP contribution is 2.20. The highest BCUT2D eigenvalue weighted by Gasteiger charge is 2.19. The molecule has 0 aliphatic heterocycles. The van der Waals surface area contributed by atoms with Gasteiger partial charge in [-0.25, -0.2) is 4.39 Å². The van der Waals surface area contributed by atoms with Crippen LogP contribution in [0.15, 0.2) is 48.5 Å². The van der Waals surface area contributed by atoms with E-state index in [2.05, 4.69) is 0 Å². The maximum Gasteiger partial charge on any atom is 0.257 e. The van der Waals surface area contributed by atoms with Gasteiger partial charge in [-0.15, -0.1) is 0 Å². The van der Waals surface area contributed by atoms with Crippen LogP contribution in [0.1, 0.15) is 15.9 Å². The Hall–Kier alpha value is -2.40. The van der Waals surface area contributed by atoms with Crippen LogP contribution in [0.5, 0.6) is 5.75 Å². The van der Waals surface area contributed by atoms with Crippen molar-refractivity contribution in [2.75, 3.05) is 19.7 Å². The summed E-state index contributed by atoms with van der Waals surface area (Å²) < 4.78 is 13.3. The number of nitrogens with zero attached hydrogens (tertiary/aromatic N) is 1. The minimum absolute atomic E-state index is 0.0958. The second-order valence-electron chi connectivity index (χ2n) is 4.91. The molecule has 1 amide bonds. The number of carbonyl (C=O) groups is 1. The Bertz CT molecular complexity index is 631. The summed E-state index contributed by atoms with van der Waals surface area (Å²) in [7, 11) is 0. The zero-order valence-corrected chi connectivity index (χ0v) is 12.1. The van der Waals surface area contributed by atoms with Crippen molar-refractivity contribution < 1.29 is 19.4 Å². The lowest BCUT2D eigenvalue weighted by Crippen LogP contribution is -2.35. The van der Waals surface area contributed by atoms with E-state index >= 15 is 0 Å². The van der Waals surface area contributed by atoms with Crippen molar-refractivity contribution in [3.05, 3.63) is 65.5 Å². The quantitative estimate of drug-likeness (QED) is 0.860.